The smallest absolute Gasteiger partial charge is 0.261 e. The number of aromatic nitrogens is 5. The first-order valence-electron chi connectivity index (χ1n) is 8.89. The average Bonchev–Trinajstić information content (AvgIpc) is 3.30. The van der Waals surface area contributed by atoms with E-state index in [1.165, 1.54) is 12.8 Å². The Balaban J connectivity index is 1.90. The molecule has 130 valence electrons. The van der Waals surface area contributed by atoms with Crippen LogP contribution in [0.4, 0.5) is 5.95 Å². The zero-order valence-electron chi connectivity index (χ0n) is 14.5. The third kappa shape index (κ3) is 2.90. The van der Waals surface area contributed by atoms with Crippen molar-refractivity contribution in [1.82, 2.24) is 24.7 Å². The highest BCUT2D eigenvalue weighted by molar-refractivity contribution is 5.83. The Bertz CT molecular complexity index is 956. The van der Waals surface area contributed by atoms with E-state index in [-0.39, 0.29) is 5.56 Å². The average molecular weight is 338 g/mol. The fourth-order valence-electron chi connectivity index (χ4n) is 3.10. The van der Waals surface area contributed by atoms with Gasteiger partial charge in [0.1, 0.15) is 5.65 Å². The topological polar surface area (TPSA) is 88.5 Å². The van der Waals surface area contributed by atoms with E-state index in [9.17, 15) is 4.79 Å². The predicted molar refractivity (Wildman–Crippen MR) is 97.6 cm³/mol. The summed E-state index contributed by atoms with van der Waals surface area (Å²) in [6.45, 7) is 5.49. The fraction of sp³-hybridized carbons (Fsp3) is 0.444. The van der Waals surface area contributed by atoms with Gasteiger partial charge in [-0.05, 0) is 44.2 Å². The lowest BCUT2D eigenvalue weighted by Gasteiger charge is -2.14. The molecule has 1 aliphatic rings. The van der Waals surface area contributed by atoms with Gasteiger partial charge in [-0.3, -0.25) is 14.5 Å². The summed E-state index contributed by atoms with van der Waals surface area (Å²) >= 11 is 0. The van der Waals surface area contributed by atoms with Gasteiger partial charge >= 0.3 is 0 Å². The normalized spacial score (nSPS) is 14.2. The molecule has 0 amide bonds. The van der Waals surface area contributed by atoms with Gasteiger partial charge in [0.05, 0.1) is 17.0 Å². The fourth-order valence-corrected chi connectivity index (χ4v) is 3.10. The van der Waals surface area contributed by atoms with Gasteiger partial charge in [-0.25, -0.2) is 4.98 Å². The van der Waals surface area contributed by atoms with Crippen LogP contribution in [0.25, 0.3) is 22.3 Å². The quantitative estimate of drug-likeness (QED) is 0.721. The summed E-state index contributed by atoms with van der Waals surface area (Å²) in [7, 11) is 0. The maximum Gasteiger partial charge on any atom is 0.261 e. The van der Waals surface area contributed by atoms with Crippen molar-refractivity contribution in [2.45, 2.75) is 39.7 Å². The second-order valence-electron chi connectivity index (χ2n) is 6.49. The van der Waals surface area contributed by atoms with E-state index in [4.69, 9.17) is 0 Å². The summed E-state index contributed by atoms with van der Waals surface area (Å²) in [5, 5.41) is 11.1. The summed E-state index contributed by atoms with van der Waals surface area (Å²) in [5.41, 5.74) is 2.90. The van der Waals surface area contributed by atoms with Crippen molar-refractivity contribution in [3.05, 3.63) is 34.4 Å². The van der Waals surface area contributed by atoms with Crippen molar-refractivity contribution in [2.75, 3.05) is 11.9 Å². The molecular weight excluding hydrogens is 316 g/mol. The van der Waals surface area contributed by atoms with E-state index < -0.39 is 0 Å². The van der Waals surface area contributed by atoms with Crippen LogP contribution in [-0.4, -0.2) is 31.3 Å². The van der Waals surface area contributed by atoms with Gasteiger partial charge in [-0.2, -0.15) is 10.1 Å². The number of aromatic amines is 1. The van der Waals surface area contributed by atoms with Crippen molar-refractivity contribution in [2.24, 2.45) is 5.92 Å². The Hall–Kier alpha value is -2.70. The minimum atomic E-state index is -0.0619. The molecule has 0 aromatic carbocycles. The van der Waals surface area contributed by atoms with Crippen LogP contribution in [0.2, 0.25) is 0 Å². The molecule has 2 N–H and O–H groups in total. The number of rotatable bonds is 6. The molecule has 1 saturated carbocycles. The highest BCUT2D eigenvalue weighted by Crippen LogP contribution is 2.29. The van der Waals surface area contributed by atoms with Crippen LogP contribution in [0.3, 0.4) is 0 Å². The number of H-pyrrole nitrogens is 1. The maximum absolute atomic E-state index is 12.9. The van der Waals surface area contributed by atoms with Gasteiger partial charge in [-0.15, -0.1) is 0 Å². The molecule has 0 saturated heterocycles. The zero-order chi connectivity index (χ0) is 17.4. The SMILES string of the molecule is CCc1nc(NCC2CC2)nc2c1cc(-c1ccn[nH]1)c(=O)n2CC. The van der Waals surface area contributed by atoms with E-state index >= 15 is 0 Å². The maximum atomic E-state index is 12.9. The predicted octanol–water partition coefficient (Wildman–Crippen LogP) is 2.59. The number of anilines is 1. The van der Waals surface area contributed by atoms with Crippen LogP contribution in [0.1, 0.15) is 32.4 Å². The van der Waals surface area contributed by atoms with Gasteiger partial charge in [0.25, 0.3) is 5.56 Å². The number of hydrogen-bond acceptors (Lipinski definition) is 5. The summed E-state index contributed by atoms with van der Waals surface area (Å²) < 4.78 is 1.72. The van der Waals surface area contributed by atoms with E-state index in [1.807, 2.05) is 13.0 Å². The zero-order valence-corrected chi connectivity index (χ0v) is 14.5. The molecule has 1 aliphatic carbocycles. The van der Waals surface area contributed by atoms with Crippen LogP contribution in [0.5, 0.6) is 0 Å². The first kappa shape index (κ1) is 15.8. The van der Waals surface area contributed by atoms with Crippen molar-refractivity contribution >= 4 is 17.0 Å². The second-order valence-corrected chi connectivity index (χ2v) is 6.49. The lowest BCUT2D eigenvalue weighted by Crippen LogP contribution is -2.23. The molecule has 0 radical (unpaired) electrons. The van der Waals surface area contributed by atoms with Crippen molar-refractivity contribution < 1.29 is 0 Å². The highest BCUT2D eigenvalue weighted by atomic mass is 16.1. The summed E-state index contributed by atoms with van der Waals surface area (Å²) in [5.74, 6) is 1.35. The Labute approximate surface area is 145 Å². The summed E-state index contributed by atoms with van der Waals surface area (Å²) in [6, 6.07) is 3.70. The van der Waals surface area contributed by atoms with Crippen LogP contribution in [0.15, 0.2) is 23.1 Å². The molecule has 3 aromatic rings. The Kier molecular flexibility index (Phi) is 3.99. The monoisotopic (exact) mass is 338 g/mol. The molecule has 0 aliphatic heterocycles. The standard InChI is InChI=1S/C18H22N6O/c1-3-14-12-9-13(15-7-8-20-23-15)17(25)24(4-2)16(12)22-18(21-14)19-10-11-5-6-11/h7-9,11H,3-6,10H2,1-2H3,(H,20,23)(H,19,21,22). The van der Waals surface area contributed by atoms with E-state index in [0.717, 1.165) is 30.0 Å². The Morgan fingerprint density at radius 1 is 1.32 bits per heavy atom. The molecule has 3 aromatic heterocycles. The third-order valence-corrected chi connectivity index (χ3v) is 4.71. The Morgan fingerprint density at radius 3 is 2.80 bits per heavy atom. The molecule has 0 atom stereocenters. The first-order valence-corrected chi connectivity index (χ1v) is 8.89. The molecule has 0 bridgehead atoms. The summed E-state index contributed by atoms with van der Waals surface area (Å²) in [6.07, 6.45) is 4.97. The molecule has 0 spiro atoms. The number of nitrogens with zero attached hydrogens (tertiary/aromatic N) is 4. The van der Waals surface area contributed by atoms with Crippen molar-refractivity contribution in [1.29, 1.82) is 0 Å². The van der Waals surface area contributed by atoms with Crippen LogP contribution < -0.4 is 10.9 Å². The Morgan fingerprint density at radius 2 is 2.16 bits per heavy atom. The number of nitrogens with one attached hydrogen (secondary N) is 2. The first-order chi connectivity index (χ1) is 12.2. The second kappa shape index (κ2) is 6.31. The number of hydrogen-bond donors (Lipinski definition) is 2. The number of fused-ring (bicyclic) bond motifs is 1. The molecule has 7 nitrogen and oxygen atoms in total. The van der Waals surface area contributed by atoms with Crippen LogP contribution in [0, 0.1) is 5.92 Å². The van der Waals surface area contributed by atoms with Gasteiger partial charge in [-0.1, -0.05) is 6.92 Å². The lowest BCUT2D eigenvalue weighted by molar-refractivity contribution is 0.747. The van der Waals surface area contributed by atoms with Crippen LogP contribution >= 0.6 is 0 Å². The molecule has 4 rings (SSSR count). The van der Waals surface area contributed by atoms with E-state index in [0.29, 0.717) is 29.4 Å². The van der Waals surface area contributed by atoms with Gasteiger partial charge in [0, 0.05) is 24.7 Å². The van der Waals surface area contributed by atoms with Gasteiger partial charge in [0.2, 0.25) is 5.95 Å². The van der Waals surface area contributed by atoms with Crippen molar-refractivity contribution in [3.63, 3.8) is 0 Å². The largest absolute Gasteiger partial charge is 0.354 e. The van der Waals surface area contributed by atoms with Gasteiger partial charge in [0.15, 0.2) is 0 Å². The van der Waals surface area contributed by atoms with Gasteiger partial charge < -0.3 is 5.32 Å². The number of pyridine rings is 1. The molecule has 3 heterocycles. The lowest BCUT2D eigenvalue weighted by atomic mass is 10.1. The molecule has 25 heavy (non-hydrogen) atoms. The summed E-state index contributed by atoms with van der Waals surface area (Å²) in [4.78, 5) is 22.3. The minimum Gasteiger partial charge on any atom is -0.354 e. The van der Waals surface area contributed by atoms with E-state index in [1.54, 1.807) is 16.8 Å². The molecule has 0 unspecified atom stereocenters. The minimum absolute atomic E-state index is 0.0619. The highest BCUT2D eigenvalue weighted by Gasteiger charge is 2.22. The van der Waals surface area contributed by atoms with Crippen molar-refractivity contribution in [3.8, 4) is 11.3 Å². The third-order valence-electron chi connectivity index (χ3n) is 4.71. The molecule has 1 fully saturated rings. The van der Waals surface area contributed by atoms with Crippen LogP contribution in [-0.2, 0) is 13.0 Å². The number of aryl methyl sites for hydroxylation is 2. The van der Waals surface area contributed by atoms with E-state index in [2.05, 4.69) is 32.4 Å². The molecular formula is C18H22N6O. The molecule has 7 heteroatoms.